The van der Waals surface area contributed by atoms with Crippen molar-refractivity contribution in [3.63, 3.8) is 0 Å². The number of anilines is 1. The van der Waals surface area contributed by atoms with Crippen molar-refractivity contribution < 1.29 is 52.1 Å². The summed E-state index contributed by atoms with van der Waals surface area (Å²) in [6.07, 6.45) is 1.46. The van der Waals surface area contributed by atoms with E-state index < -0.39 is 44.4 Å². The third-order valence-corrected chi connectivity index (χ3v) is 13.7. The summed E-state index contributed by atoms with van der Waals surface area (Å²) < 4.78 is 51.8. The second-order valence-electron chi connectivity index (χ2n) is 16.5. The zero-order valence-electron chi connectivity index (χ0n) is 40.2. The molecular weight excluding hydrogens is 914 g/mol. The Hall–Kier alpha value is -6.72. The fourth-order valence-electron chi connectivity index (χ4n) is 8.44. The Morgan fingerprint density at radius 2 is 1.40 bits per heavy atom. The molecule has 1 fully saturated rings. The van der Waals surface area contributed by atoms with E-state index in [1.165, 1.54) is 51.4 Å². The van der Waals surface area contributed by atoms with Gasteiger partial charge in [-0.05, 0) is 80.3 Å². The molecule has 0 bridgehead atoms. The highest BCUT2D eigenvalue weighted by atomic mass is 31.2. The van der Waals surface area contributed by atoms with Gasteiger partial charge in [0.15, 0.2) is 23.2 Å². The Balaban J connectivity index is 0.000000959. The molecule has 368 valence electrons. The van der Waals surface area contributed by atoms with E-state index in [-0.39, 0.29) is 30.3 Å². The molecule has 0 saturated carbocycles. The van der Waals surface area contributed by atoms with Gasteiger partial charge in [-0.1, -0.05) is 72.8 Å². The van der Waals surface area contributed by atoms with Gasteiger partial charge in [0.1, 0.15) is 49.6 Å². The standard InChI is InChI=1S/C46H45N6O10P.C6H15N/c1-57-36-18-14-33(15-19-36)46(32-12-8-5-9-13-32,34-16-20-37(58-2)21-17-34)62-40-27-41(61-39(40)23-25-63(55,56)60-28-35-26-38(59-3)22-24-52(35)54)51-30-49-42-43(47-29-48-44(42)51)50-45(53)31-10-6-4-7-11-31;1-4-7(5-2)6-3/h4-22,24,26,29-30,39-41H,23,25,27-28H2,1-3H3,(H,55,56)(H,47,48,50,53);4-6H2,1-3H3/t39-,40+,41-;/m1./s1. The Morgan fingerprint density at radius 1 is 0.814 bits per heavy atom. The average Bonchev–Trinajstić information content (AvgIpc) is 4.03. The molecule has 8 rings (SSSR count). The highest BCUT2D eigenvalue weighted by Crippen LogP contribution is 2.48. The minimum atomic E-state index is -4.57. The smallest absolute Gasteiger partial charge is 0.256 e. The van der Waals surface area contributed by atoms with Crippen LogP contribution in [0, 0.1) is 5.21 Å². The van der Waals surface area contributed by atoms with Gasteiger partial charge >= 0.3 is 0 Å². The van der Waals surface area contributed by atoms with Crippen LogP contribution in [0.2, 0.25) is 0 Å². The number of fused-ring (bicyclic) bond motifs is 1. The number of hydrogen-bond donors (Lipinski definition) is 2. The van der Waals surface area contributed by atoms with E-state index in [1.807, 2.05) is 84.9 Å². The monoisotopic (exact) mass is 973 g/mol. The minimum absolute atomic E-state index is 0.0481. The van der Waals surface area contributed by atoms with E-state index in [1.54, 1.807) is 54.3 Å². The summed E-state index contributed by atoms with van der Waals surface area (Å²) in [4.78, 5) is 41.9. The van der Waals surface area contributed by atoms with Crippen LogP contribution in [-0.4, -0.2) is 84.8 Å². The van der Waals surface area contributed by atoms with Gasteiger partial charge in [-0.15, -0.1) is 0 Å². The van der Waals surface area contributed by atoms with Crippen LogP contribution >= 0.6 is 7.60 Å². The number of carbonyl (C=O) groups excluding carboxylic acids is 1. The van der Waals surface area contributed by atoms with Gasteiger partial charge in [0.25, 0.3) is 5.91 Å². The van der Waals surface area contributed by atoms with Crippen LogP contribution in [0.5, 0.6) is 17.2 Å². The lowest BCUT2D eigenvalue weighted by atomic mass is 9.79. The SMILES string of the molecule is CC[NH+](CC)CC.COc1ccc(C(O[C@H]2C[C@H](n3cnc4c(NC(=O)c5ccccc5)ncnc43)O[C@@H]2CCP(=O)([O-])OCc2cc(OC)cc[n+]2[O-])(c2ccccc2)c2ccc(OC)cc2)cc1. The zero-order valence-corrected chi connectivity index (χ0v) is 41.1. The Morgan fingerprint density at radius 3 is 1.97 bits per heavy atom. The summed E-state index contributed by atoms with van der Waals surface area (Å²) in [6, 6.07) is 36.5. The second-order valence-corrected chi connectivity index (χ2v) is 18.4. The molecule has 18 heteroatoms. The molecule has 0 spiro atoms. The Kier molecular flexibility index (Phi) is 17.3. The number of aromatic nitrogens is 5. The zero-order chi connectivity index (χ0) is 49.7. The maximum atomic E-state index is 13.6. The fraction of sp³-hybridized carbons (Fsp3) is 0.327. The lowest BCUT2D eigenvalue weighted by Gasteiger charge is -2.39. The van der Waals surface area contributed by atoms with Gasteiger partial charge < -0.3 is 53.1 Å². The van der Waals surface area contributed by atoms with Crippen molar-refractivity contribution in [2.24, 2.45) is 0 Å². The molecule has 7 aromatic rings. The Labute approximate surface area is 408 Å². The fourth-order valence-corrected chi connectivity index (χ4v) is 9.47. The van der Waals surface area contributed by atoms with Gasteiger partial charge in [-0.25, -0.2) is 15.0 Å². The molecule has 0 radical (unpaired) electrons. The highest BCUT2D eigenvalue weighted by Gasteiger charge is 2.46. The number of nitrogens with zero attached hydrogens (tertiary/aromatic N) is 5. The summed E-state index contributed by atoms with van der Waals surface area (Å²) in [7, 11) is 0.0601. The number of quaternary nitrogens is 1. The summed E-state index contributed by atoms with van der Waals surface area (Å²) >= 11 is 0. The minimum Gasteiger partial charge on any atom is -0.778 e. The lowest BCUT2D eigenvalue weighted by Crippen LogP contribution is -3.11. The summed E-state index contributed by atoms with van der Waals surface area (Å²) in [5.74, 6) is 1.51. The molecule has 4 heterocycles. The number of ether oxygens (including phenoxy) is 5. The van der Waals surface area contributed by atoms with Gasteiger partial charge in [0, 0.05) is 24.2 Å². The van der Waals surface area contributed by atoms with Crippen LogP contribution in [0.1, 0.15) is 72.6 Å². The molecule has 1 aliphatic heterocycles. The van der Waals surface area contributed by atoms with Crippen LogP contribution in [0.15, 0.2) is 140 Å². The molecule has 2 N–H and O–H groups in total. The normalized spacial score (nSPS) is 16.5. The van der Waals surface area contributed by atoms with Gasteiger partial charge in [0.05, 0.1) is 65.6 Å². The maximum absolute atomic E-state index is 13.6. The average molecular weight is 974 g/mol. The van der Waals surface area contributed by atoms with E-state index in [2.05, 4.69) is 41.0 Å². The molecule has 3 aromatic heterocycles. The van der Waals surface area contributed by atoms with E-state index in [0.717, 1.165) is 16.7 Å². The van der Waals surface area contributed by atoms with Gasteiger partial charge in [-0.2, -0.15) is 4.73 Å². The molecule has 0 aliphatic carbocycles. The van der Waals surface area contributed by atoms with Crippen molar-refractivity contribution >= 4 is 30.5 Å². The number of imidazole rings is 1. The van der Waals surface area contributed by atoms with Crippen molar-refractivity contribution in [1.29, 1.82) is 0 Å². The highest BCUT2D eigenvalue weighted by molar-refractivity contribution is 7.51. The number of hydrogen-bond acceptors (Lipinski definition) is 13. The molecule has 1 amide bonds. The van der Waals surface area contributed by atoms with Gasteiger partial charge in [-0.3, -0.25) is 9.36 Å². The first kappa shape index (κ1) is 51.1. The predicted octanol–water partition coefficient (Wildman–Crippen LogP) is 6.49. The first-order chi connectivity index (χ1) is 33.9. The topological polar surface area (TPSA) is 200 Å². The molecule has 1 unspecified atom stereocenters. The quantitative estimate of drug-likeness (QED) is 0.0364. The molecule has 70 heavy (non-hydrogen) atoms. The summed E-state index contributed by atoms with van der Waals surface area (Å²) in [5.41, 5.74) is 2.25. The molecule has 4 atom stereocenters. The maximum Gasteiger partial charge on any atom is 0.256 e. The van der Waals surface area contributed by atoms with Crippen molar-refractivity contribution in [2.75, 3.05) is 52.4 Å². The number of carbonyl (C=O) groups is 1. The van der Waals surface area contributed by atoms with E-state index in [0.29, 0.717) is 38.7 Å². The van der Waals surface area contributed by atoms with Crippen LogP contribution < -0.4 is 34.1 Å². The van der Waals surface area contributed by atoms with E-state index in [4.69, 9.17) is 28.2 Å². The molecule has 1 saturated heterocycles. The Bertz CT molecular complexity index is 2760. The number of nitrogens with one attached hydrogen (secondary N) is 2. The van der Waals surface area contributed by atoms with Crippen molar-refractivity contribution in [1.82, 2.24) is 19.5 Å². The van der Waals surface area contributed by atoms with Crippen molar-refractivity contribution in [3.8, 4) is 17.2 Å². The number of methoxy groups -OCH3 is 3. The predicted molar refractivity (Wildman–Crippen MR) is 262 cm³/mol. The first-order valence-corrected chi connectivity index (χ1v) is 24.9. The molecule has 4 aromatic carbocycles. The third-order valence-electron chi connectivity index (χ3n) is 12.4. The number of amides is 1. The van der Waals surface area contributed by atoms with Gasteiger partial charge in [0.2, 0.25) is 5.69 Å². The summed E-state index contributed by atoms with van der Waals surface area (Å²) in [6.45, 7) is 9.99. The lowest BCUT2D eigenvalue weighted by molar-refractivity contribution is -0.894. The second kappa shape index (κ2) is 23.7. The van der Waals surface area contributed by atoms with Crippen molar-refractivity contribution in [3.05, 3.63) is 173 Å². The van der Waals surface area contributed by atoms with Crippen molar-refractivity contribution in [2.45, 2.75) is 64.3 Å². The van der Waals surface area contributed by atoms with Crippen LogP contribution in [0.3, 0.4) is 0 Å². The van der Waals surface area contributed by atoms with Crippen LogP contribution in [-0.2, 0) is 30.8 Å². The summed E-state index contributed by atoms with van der Waals surface area (Å²) in [5, 5.41) is 15.3. The number of pyridine rings is 1. The first-order valence-electron chi connectivity index (χ1n) is 23.2. The largest absolute Gasteiger partial charge is 0.778 e. The molecular formula is C52H60N7O10P. The number of benzene rings is 4. The number of rotatable bonds is 20. The third kappa shape index (κ3) is 12.0. The molecule has 17 nitrogen and oxygen atoms in total. The molecule has 1 aliphatic rings. The van der Waals surface area contributed by atoms with Crippen LogP contribution in [0.25, 0.3) is 11.2 Å². The van der Waals surface area contributed by atoms with E-state index >= 15 is 0 Å². The van der Waals surface area contributed by atoms with Crippen LogP contribution in [0.4, 0.5) is 5.82 Å². The van der Waals surface area contributed by atoms with E-state index in [9.17, 15) is 19.5 Å².